The summed E-state index contributed by atoms with van der Waals surface area (Å²) in [5.41, 5.74) is 2.07. The molecule has 0 aliphatic carbocycles. The number of nitrogens with zero attached hydrogens (tertiary/aromatic N) is 1. The molecular weight excluding hydrogens is 388 g/mol. The van der Waals surface area contributed by atoms with Crippen molar-refractivity contribution in [1.29, 1.82) is 0 Å². The lowest BCUT2D eigenvalue weighted by atomic mass is 9.87. The van der Waals surface area contributed by atoms with Gasteiger partial charge in [0, 0.05) is 5.56 Å². The van der Waals surface area contributed by atoms with Crippen molar-refractivity contribution < 1.29 is 17.9 Å². The smallest absolute Gasteiger partial charge is 0.276 e. The largest absolute Gasteiger partial charge is 0.493 e. The highest BCUT2D eigenvalue weighted by molar-refractivity contribution is 7.89. The Bertz CT molecular complexity index is 977. The van der Waals surface area contributed by atoms with Crippen LogP contribution in [-0.4, -0.2) is 28.3 Å². The molecule has 0 bridgehead atoms. The molecule has 29 heavy (non-hydrogen) atoms. The highest BCUT2D eigenvalue weighted by Gasteiger charge is 2.21. The zero-order valence-electron chi connectivity index (χ0n) is 17.9. The maximum Gasteiger partial charge on any atom is 0.276 e. The number of aryl methyl sites for hydroxylation is 1. The summed E-state index contributed by atoms with van der Waals surface area (Å²) in [7, 11) is -2.25. The quantitative estimate of drug-likeness (QED) is 0.509. The lowest BCUT2D eigenvalue weighted by molar-refractivity contribution is 0.294. The van der Waals surface area contributed by atoms with Gasteiger partial charge in [-0.25, -0.2) is 4.83 Å². The van der Waals surface area contributed by atoms with Crippen molar-refractivity contribution in [2.24, 2.45) is 5.10 Å². The van der Waals surface area contributed by atoms with Crippen LogP contribution in [0.1, 0.15) is 50.8 Å². The zero-order chi connectivity index (χ0) is 21.7. The van der Waals surface area contributed by atoms with E-state index in [4.69, 9.17) is 9.47 Å². The Morgan fingerprint density at radius 3 is 2.52 bits per heavy atom. The molecule has 2 rings (SSSR count). The van der Waals surface area contributed by atoms with E-state index in [0.717, 1.165) is 12.0 Å². The first-order chi connectivity index (χ1) is 13.6. The molecule has 0 saturated heterocycles. The van der Waals surface area contributed by atoms with E-state index in [0.29, 0.717) is 29.2 Å². The van der Waals surface area contributed by atoms with Gasteiger partial charge in [-0.3, -0.25) is 0 Å². The summed E-state index contributed by atoms with van der Waals surface area (Å²) in [6.07, 6.45) is 2.26. The summed E-state index contributed by atoms with van der Waals surface area (Å²) in [4.78, 5) is 2.53. The highest BCUT2D eigenvalue weighted by atomic mass is 32.2. The van der Waals surface area contributed by atoms with Gasteiger partial charge in [0.2, 0.25) is 0 Å². The Labute approximate surface area is 174 Å². The molecule has 0 unspecified atom stereocenters. The van der Waals surface area contributed by atoms with Crippen LogP contribution in [0.5, 0.6) is 11.5 Å². The van der Waals surface area contributed by atoms with E-state index in [1.54, 1.807) is 38.3 Å². The second-order valence-electron chi connectivity index (χ2n) is 7.81. The zero-order valence-corrected chi connectivity index (χ0v) is 18.8. The molecule has 0 fully saturated rings. The Hall–Kier alpha value is -2.54. The molecule has 0 aliphatic heterocycles. The fraction of sp³-hybridized carbons (Fsp3) is 0.409. The fourth-order valence-corrected chi connectivity index (χ4v) is 3.79. The number of hydrazone groups is 1. The van der Waals surface area contributed by atoms with Gasteiger partial charge in [0.05, 0.1) is 24.8 Å². The number of benzene rings is 2. The summed E-state index contributed by atoms with van der Waals surface area (Å²) in [5, 5.41) is 3.97. The van der Waals surface area contributed by atoms with Gasteiger partial charge in [-0.15, -0.1) is 0 Å². The van der Waals surface area contributed by atoms with E-state index in [1.807, 2.05) is 39.8 Å². The van der Waals surface area contributed by atoms with Gasteiger partial charge in [0.25, 0.3) is 10.0 Å². The molecule has 0 aromatic heterocycles. The molecule has 2 aromatic carbocycles. The fourth-order valence-electron chi connectivity index (χ4n) is 2.72. The van der Waals surface area contributed by atoms with Gasteiger partial charge < -0.3 is 9.47 Å². The molecule has 7 heteroatoms. The third kappa shape index (κ3) is 5.73. The van der Waals surface area contributed by atoms with E-state index in [1.165, 1.54) is 6.21 Å². The molecule has 0 spiro atoms. The number of hydrogen-bond acceptors (Lipinski definition) is 5. The molecular formula is C22H30N2O4S. The molecule has 1 N–H and O–H groups in total. The second kappa shape index (κ2) is 9.31. The summed E-state index contributed by atoms with van der Waals surface area (Å²) in [5.74, 6) is 1.10. The SMILES string of the molecule is CCCOc1c(/C=N/NS(=O)(=O)c2cc(C(C)(C)C)ccc2C)cccc1OC. The lowest BCUT2D eigenvalue weighted by Gasteiger charge is -2.20. The van der Waals surface area contributed by atoms with Gasteiger partial charge >= 0.3 is 0 Å². The number of hydrogen-bond donors (Lipinski definition) is 1. The van der Waals surface area contributed by atoms with Gasteiger partial charge in [-0.2, -0.15) is 13.5 Å². The Morgan fingerprint density at radius 1 is 1.17 bits per heavy atom. The predicted octanol–water partition coefficient (Wildman–Crippen LogP) is 4.40. The number of methoxy groups -OCH3 is 1. The molecule has 0 saturated carbocycles. The third-order valence-electron chi connectivity index (χ3n) is 4.40. The lowest BCUT2D eigenvalue weighted by Crippen LogP contribution is -2.21. The average Bonchev–Trinajstić information content (AvgIpc) is 2.65. The van der Waals surface area contributed by atoms with Crippen molar-refractivity contribution in [2.45, 2.75) is 51.3 Å². The Balaban J connectivity index is 2.31. The van der Waals surface area contributed by atoms with Gasteiger partial charge in [-0.05, 0) is 48.1 Å². The molecule has 0 heterocycles. The van der Waals surface area contributed by atoms with Crippen molar-refractivity contribution in [1.82, 2.24) is 4.83 Å². The number of rotatable bonds is 8. The first-order valence-corrected chi connectivity index (χ1v) is 11.0. The molecule has 158 valence electrons. The van der Waals surface area contributed by atoms with E-state index < -0.39 is 10.0 Å². The first kappa shape index (κ1) is 22.7. The minimum absolute atomic E-state index is 0.159. The summed E-state index contributed by atoms with van der Waals surface area (Å²) >= 11 is 0. The van der Waals surface area contributed by atoms with Crippen LogP contribution in [0.25, 0.3) is 0 Å². The van der Waals surface area contributed by atoms with E-state index in [9.17, 15) is 8.42 Å². The van der Waals surface area contributed by atoms with Gasteiger partial charge in [0.1, 0.15) is 0 Å². The summed E-state index contributed by atoms with van der Waals surface area (Å²) in [6, 6.07) is 10.8. The van der Waals surface area contributed by atoms with Gasteiger partial charge in [-0.1, -0.05) is 45.9 Å². The highest BCUT2D eigenvalue weighted by Crippen LogP contribution is 2.30. The van der Waals surface area contributed by atoms with E-state index >= 15 is 0 Å². The topological polar surface area (TPSA) is 77.0 Å². The standard InChI is InChI=1S/C22H30N2O4S/c1-7-13-28-21-17(9-8-10-19(21)27-6)15-23-24-29(25,26)20-14-18(22(3,4)5)12-11-16(20)2/h8-12,14-15,24H,7,13H2,1-6H3/b23-15+. The minimum atomic E-state index is -3.81. The summed E-state index contributed by atoms with van der Waals surface area (Å²) in [6.45, 7) is 10.4. The first-order valence-electron chi connectivity index (χ1n) is 9.56. The van der Waals surface area contributed by atoms with Crippen molar-refractivity contribution >= 4 is 16.2 Å². The van der Waals surface area contributed by atoms with Gasteiger partial charge in [0.15, 0.2) is 11.5 Å². The van der Waals surface area contributed by atoms with Crippen LogP contribution in [0.4, 0.5) is 0 Å². The monoisotopic (exact) mass is 418 g/mol. The maximum absolute atomic E-state index is 12.8. The number of ether oxygens (including phenoxy) is 2. The second-order valence-corrected chi connectivity index (χ2v) is 9.44. The van der Waals surface area contributed by atoms with Crippen LogP contribution in [0.15, 0.2) is 46.4 Å². The Kier molecular flexibility index (Phi) is 7.30. The van der Waals surface area contributed by atoms with Crippen molar-refractivity contribution in [2.75, 3.05) is 13.7 Å². The van der Waals surface area contributed by atoms with Crippen LogP contribution in [0, 0.1) is 6.92 Å². The van der Waals surface area contributed by atoms with Crippen molar-refractivity contribution in [3.05, 3.63) is 53.1 Å². The molecule has 0 aliphatic rings. The Morgan fingerprint density at radius 2 is 1.90 bits per heavy atom. The molecule has 0 radical (unpaired) electrons. The molecule has 2 aromatic rings. The molecule has 0 atom stereocenters. The van der Waals surface area contributed by atoms with E-state index in [-0.39, 0.29) is 10.3 Å². The predicted molar refractivity (Wildman–Crippen MR) is 117 cm³/mol. The third-order valence-corrected chi connectivity index (χ3v) is 5.76. The van der Waals surface area contributed by atoms with Crippen LogP contribution in [0.3, 0.4) is 0 Å². The van der Waals surface area contributed by atoms with Crippen LogP contribution in [-0.2, 0) is 15.4 Å². The van der Waals surface area contributed by atoms with Crippen LogP contribution < -0.4 is 14.3 Å². The van der Waals surface area contributed by atoms with Crippen LogP contribution in [0.2, 0.25) is 0 Å². The van der Waals surface area contributed by atoms with Crippen LogP contribution >= 0.6 is 0 Å². The van der Waals surface area contributed by atoms with Crippen molar-refractivity contribution in [3.63, 3.8) is 0 Å². The van der Waals surface area contributed by atoms with E-state index in [2.05, 4.69) is 9.93 Å². The maximum atomic E-state index is 12.8. The number of sulfonamides is 1. The molecule has 0 amide bonds. The van der Waals surface area contributed by atoms with Crippen molar-refractivity contribution in [3.8, 4) is 11.5 Å². The molecule has 6 nitrogen and oxygen atoms in total. The summed E-state index contributed by atoms with van der Waals surface area (Å²) < 4.78 is 36.7. The normalized spacial score (nSPS) is 12.2. The number of para-hydroxylation sites is 1. The minimum Gasteiger partial charge on any atom is -0.493 e. The average molecular weight is 419 g/mol. The number of nitrogens with one attached hydrogen (secondary N) is 1.